The summed E-state index contributed by atoms with van der Waals surface area (Å²) in [5, 5.41) is 32.7. The fourth-order valence-corrected chi connectivity index (χ4v) is 6.59. The molecule has 10 heteroatoms. The summed E-state index contributed by atoms with van der Waals surface area (Å²) < 4.78 is 25.9. The van der Waals surface area contributed by atoms with Crippen molar-refractivity contribution in [2.45, 2.75) is 56.9 Å². The fraction of sp³-hybridized carbons (Fsp3) is 0.481. The van der Waals surface area contributed by atoms with Crippen LogP contribution in [0.5, 0.6) is 0 Å². The van der Waals surface area contributed by atoms with Crippen LogP contribution < -0.4 is 0 Å². The van der Waals surface area contributed by atoms with Crippen molar-refractivity contribution >= 4 is 34.2 Å². The number of benzene rings is 1. The topological polar surface area (TPSA) is 112 Å². The number of aromatic nitrogens is 1. The van der Waals surface area contributed by atoms with E-state index in [1.807, 2.05) is 0 Å². The maximum atomic E-state index is 14.9. The lowest BCUT2D eigenvalue weighted by atomic mass is 9.70. The number of pyridine rings is 1. The molecular weight excluding hydrogens is 503 g/mol. The molecule has 0 saturated carbocycles. The van der Waals surface area contributed by atoms with Gasteiger partial charge in [0.05, 0.1) is 41.8 Å². The first kappa shape index (κ1) is 24.8. The number of aryl methyl sites for hydroxylation is 1. The minimum absolute atomic E-state index is 0.0811. The van der Waals surface area contributed by atoms with E-state index in [4.69, 9.17) is 26.1 Å². The third kappa shape index (κ3) is 3.34. The molecule has 4 heterocycles. The summed E-state index contributed by atoms with van der Waals surface area (Å²) in [6, 6.07) is 1.33. The van der Waals surface area contributed by atoms with E-state index in [-0.39, 0.29) is 31.3 Å². The van der Waals surface area contributed by atoms with Gasteiger partial charge in [0.1, 0.15) is 12.4 Å². The second-order valence-corrected chi connectivity index (χ2v) is 10.8. The lowest BCUT2D eigenvalue weighted by Gasteiger charge is -2.40. The number of hydrogen-bond donors (Lipinski definition) is 3. The van der Waals surface area contributed by atoms with Gasteiger partial charge in [0.2, 0.25) is 0 Å². The highest BCUT2D eigenvalue weighted by atomic mass is 35.5. The first-order chi connectivity index (χ1) is 17.6. The Bertz CT molecular complexity index is 1420. The third-order valence-corrected chi connectivity index (χ3v) is 8.73. The van der Waals surface area contributed by atoms with Gasteiger partial charge in [-0.1, -0.05) is 25.4 Å². The van der Waals surface area contributed by atoms with Crippen molar-refractivity contribution in [1.82, 2.24) is 9.88 Å². The first-order valence-corrected chi connectivity index (χ1v) is 12.8. The molecule has 1 aliphatic carbocycles. The Morgan fingerprint density at radius 2 is 2.16 bits per heavy atom. The average molecular weight is 531 g/mol. The van der Waals surface area contributed by atoms with Gasteiger partial charge in [-0.05, 0) is 36.5 Å². The highest BCUT2D eigenvalue weighted by Gasteiger charge is 2.50. The molecule has 3 atom stereocenters. The van der Waals surface area contributed by atoms with Crippen molar-refractivity contribution in [2.75, 3.05) is 26.4 Å². The molecule has 1 aromatic heterocycles. The van der Waals surface area contributed by atoms with E-state index in [1.54, 1.807) is 17.9 Å². The van der Waals surface area contributed by atoms with Crippen molar-refractivity contribution in [3.05, 3.63) is 56.5 Å². The Balaban J connectivity index is 1.61. The lowest BCUT2D eigenvalue weighted by molar-refractivity contribution is -0.164. The van der Waals surface area contributed by atoms with Crippen LogP contribution in [-0.4, -0.2) is 69.4 Å². The smallest absolute Gasteiger partial charge is 0.343 e. The van der Waals surface area contributed by atoms with Crippen LogP contribution in [0, 0.1) is 5.82 Å². The molecular formula is C27H28ClFN2O6. The Kier molecular flexibility index (Phi) is 5.67. The second-order valence-electron chi connectivity index (χ2n) is 10.5. The SMILES string of the molecule is CC[C@@]1(O)C(=O)OCC2=C1C=C1c3nc4cc(F)c(Cl)c5c4c(c3CN1C2O)[C@@](C)(COCCO)CC5. The molecule has 0 amide bonds. The summed E-state index contributed by atoms with van der Waals surface area (Å²) in [6.07, 6.45) is 1.85. The fourth-order valence-electron chi connectivity index (χ4n) is 6.35. The number of ether oxygens (including phenoxy) is 2. The van der Waals surface area contributed by atoms with Gasteiger partial charge in [-0.2, -0.15) is 0 Å². The van der Waals surface area contributed by atoms with Crippen LogP contribution in [-0.2, 0) is 32.6 Å². The summed E-state index contributed by atoms with van der Waals surface area (Å²) in [7, 11) is 0. The Morgan fingerprint density at radius 1 is 1.38 bits per heavy atom. The van der Waals surface area contributed by atoms with Gasteiger partial charge in [-0.3, -0.25) is 0 Å². The summed E-state index contributed by atoms with van der Waals surface area (Å²) in [5.74, 6) is -1.29. The summed E-state index contributed by atoms with van der Waals surface area (Å²) in [5.41, 5.74) is 2.48. The largest absolute Gasteiger partial charge is 0.459 e. The van der Waals surface area contributed by atoms with E-state index in [0.29, 0.717) is 59.6 Å². The average Bonchev–Trinajstić information content (AvgIpc) is 3.24. The van der Waals surface area contributed by atoms with E-state index < -0.39 is 29.0 Å². The normalized spacial score (nSPS) is 28.2. The molecule has 0 spiro atoms. The minimum atomic E-state index is -1.87. The third-order valence-electron chi connectivity index (χ3n) is 8.32. The molecule has 0 fully saturated rings. The molecule has 196 valence electrons. The Morgan fingerprint density at radius 3 is 2.89 bits per heavy atom. The van der Waals surface area contributed by atoms with Crippen LogP contribution in [0.15, 0.2) is 23.3 Å². The highest BCUT2D eigenvalue weighted by molar-refractivity contribution is 6.32. The van der Waals surface area contributed by atoms with Gasteiger partial charge in [0.15, 0.2) is 11.8 Å². The molecule has 8 nitrogen and oxygen atoms in total. The van der Waals surface area contributed by atoms with E-state index >= 15 is 0 Å². The molecule has 1 unspecified atom stereocenters. The van der Waals surface area contributed by atoms with E-state index in [9.17, 15) is 24.5 Å². The van der Waals surface area contributed by atoms with E-state index in [0.717, 1.165) is 16.5 Å². The predicted molar refractivity (Wildman–Crippen MR) is 133 cm³/mol. The van der Waals surface area contributed by atoms with Crippen LogP contribution in [0.25, 0.3) is 16.6 Å². The Labute approximate surface area is 217 Å². The number of fused-ring (bicyclic) bond motifs is 4. The zero-order valence-corrected chi connectivity index (χ0v) is 21.4. The van der Waals surface area contributed by atoms with Crippen LogP contribution in [0.2, 0.25) is 5.02 Å². The number of aliphatic hydroxyl groups excluding tert-OH is 2. The predicted octanol–water partition coefficient (Wildman–Crippen LogP) is 2.72. The number of rotatable bonds is 5. The van der Waals surface area contributed by atoms with E-state index in [2.05, 4.69) is 6.92 Å². The van der Waals surface area contributed by atoms with Crippen LogP contribution in [0.4, 0.5) is 4.39 Å². The molecule has 4 aliphatic rings. The van der Waals surface area contributed by atoms with Gasteiger partial charge in [-0.15, -0.1) is 0 Å². The van der Waals surface area contributed by atoms with E-state index in [1.165, 1.54) is 6.07 Å². The number of hydrogen-bond acceptors (Lipinski definition) is 8. The number of carbonyl (C=O) groups excluding carboxylic acids is 1. The van der Waals surface area contributed by atoms with Crippen LogP contribution >= 0.6 is 11.6 Å². The van der Waals surface area contributed by atoms with Gasteiger partial charge in [0, 0.05) is 40.1 Å². The van der Waals surface area contributed by atoms with Crippen LogP contribution in [0.3, 0.4) is 0 Å². The van der Waals surface area contributed by atoms with Gasteiger partial charge >= 0.3 is 5.97 Å². The molecule has 3 N–H and O–H groups in total. The number of cyclic esters (lactones) is 1. The number of halogens is 2. The zero-order valence-electron chi connectivity index (χ0n) is 20.6. The number of nitrogens with zero attached hydrogens (tertiary/aromatic N) is 2. The van der Waals surface area contributed by atoms with Crippen molar-refractivity contribution in [3.8, 4) is 0 Å². The quantitative estimate of drug-likeness (QED) is 0.400. The summed E-state index contributed by atoms with van der Waals surface area (Å²) >= 11 is 6.43. The molecule has 6 rings (SSSR count). The number of aliphatic hydroxyl groups is 3. The molecule has 2 aromatic rings. The number of esters is 1. The summed E-state index contributed by atoms with van der Waals surface area (Å²) in [4.78, 5) is 19.1. The molecule has 0 saturated heterocycles. The molecule has 0 radical (unpaired) electrons. The van der Waals surface area contributed by atoms with Crippen molar-refractivity contribution < 1.29 is 34.0 Å². The first-order valence-electron chi connectivity index (χ1n) is 12.5. The maximum Gasteiger partial charge on any atom is 0.343 e. The monoisotopic (exact) mass is 530 g/mol. The Hall–Kier alpha value is -2.56. The zero-order chi connectivity index (χ0) is 26.3. The van der Waals surface area contributed by atoms with Crippen LogP contribution in [0.1, 0.15) is 49.1 Å². The van der Waals surface area contributed by atoms with Gasteiger partial charge in [-0.25, -0.2) is 14.2 Å². The van der Waals surface area contributed by atoms with Crippen molar-refractivity contribution in [1.29, 1.82) is 0 Å². The molecule has 0 bridgehead atoms. The molecule has 1 aromatic carbocycles. The molecule has 3 aliphatic heterocycles. The lowest BCUT2D eigenvalue weighted by Crippen LogP contribution is -2.50. The molecule has 37 heavy (non-hydrogen) atoms. The number of carbonyl (C=O) groups is 1. The standard InChI is InChI=1S/C27H28ClFN2O6/c1-3-27(35)16-8-19-23-14(10-31(19)24(33)15(16)11-37-25(27)34)21-20-13(22(28)17(29)9-18(20)30-23)4-5-26(21,2)12-36-7-6-32/h8-9,24,32-33,35H,3-7,10-12H2,1-2H3/t24?,26-,27+/m1/s1. The van der Waals surface area contributed by atoms with Gasteiger partial charge < -0.3 is 29.7 Å². The highest BCUT2D eigenvalue weighted by Crippen LogP contribution is 2.51. The van der Waals surface area contributed by atoms with Gasteiger partial charge in [0.25, 0.3) is 0 Å². The van der Waals surface area contributed by atoms with Crippen molar-refractivity contribution in [2.24, 2.45) is 0 Å². The second kappa shape index (κ2) is 8.47. The summed E-state index contributed by atoms with van der Waals surface area (Å²) in [6.45, 7) is 4.39. The minimum Gasteiger partial charge on any atom is -0.459 e. The van der Waals surface area contributed by atoms with Crippen molar-refractivity contribution in [3.63, 3.8) is 0 Å². The maximum absolute atomic E-state index is 14.9.